The fourth-order valence-corrected chi connectivity index (χ4v) is 1.60. The normalized spacial score (nSPS) is 17.2. The zero-order valence-electron chi connectivity index (χ0n) is 8.92. The molecule has 0 spiro atoms. The van der Waals surface area contributed by atoms with Gasteiger partial charge in [0.2, 0.25) is 0 Å². The number of rotatable bonds is 5. The van der Waals surface area contributed by atoms with Crippen LogP contribution in [0.4, 0.5) is 0 Å². The molecule has 0 radical (unpaired) electrons. The van der Waals surface area contributed by atoms with Crippen LogP contribution in [0.1, 0.15) is 11.5 Å². The van der Waals surface area contributed by atoms with E-state index in [1.54, 1.807) is 6.07 Å². The second-order valence-corrected chi connectivity index (χ2v) is 3.58. The van der Waals surface area contributed by atoms with Crippen molar-refractivity contribution in [3.05, 3.63) is 17.5 Å². The summed E-state index contributed by atoms with van der Waals surface area (Å²) in [7, 11) is 0. The van der Waals surface area contributed by atoms with E-state index in [0.29, 0.717) is 12.2 Å². The van der Waals surface area contributed by atoms with Gasteiger partial charge in [0.05, 0.1) is 19.8 Å². The zero-order chi connectivity index (χ0) is 11.2. The van der Waals surface area contributed by atoms with Gasteiger partial charge in [-0.25, -0.2) is 0 Å². The van der Waals surface area contributed by atoms with Gasteiger partial charge in [-0.05, 0) is 0 Å². The molecule has 1 fully saturated rings. The smallest absolute Gasteiger partial charge is 0.293 e. The maximum Gasteiger partial charge on any atom is 0.293 e. The van der Waals surface area contributed by atoms with Crippen LogP contribution in [-0.4, -0.2) is 42.8 Å². The van der Waals surface area contributed by atoms with Gasteiger partial charge in [0, 0.05) is 19.2 Å². The van der Waals surface area contributed by atoms with E-state index in [0.717, 1.165) is 38.6 Å². The lowest BCUT2D eigenvalue weighted by Crippen LogP contribution is -2.35. The summed E-state index contributed by atoms with van der Waals surface area (Å²) < 4.78 is 15.0. The molecule has 2 rings (SSSR count). The molecule has 1 aliphatic rings. The highest BCUT2D eigenvalue weighted by atomic mass is 16.5. The average molecular weight is 226 g/mol. The number of aromatic nitrogens is 1. The highest BCUT2D eigenvalue weighted by molar-refractivity contribution is 5.37. The molecule has 1 saturated heterocycles. The second-order valence-electron chi connectivity index (χ2n) is 3.58. The topological polar surface area (TPSA) is 64.8 Å². The van der Waals surface area contributed by atoms with Crippen molar-refractivity contribution in [2.75, 3.05) is 26.3 Å². The van der Waals surface area contributed by atoms with Crippen molar-refractivity contribution < 1.29 is 18.8 Å². The second kappa shape index (κ2) is 5.62. The van der Waals surface area contributed by atoms with Crippen LogP contribution in [0.2, 0.25) is 0 Å². The first-order valence-corrected chi connectivity index (χ1v) is 5.18. The third-order valence-electron chi connectivity index (χ3n) is 2.39. The van der Waals surface area contributed by atoms with Gasteiger partial charge in [-0.3, -0.25) is 9.69 Å². The Labute approximate surface area is 93.1 Å². The van der Waals surface area contributed by atoms with Crippen molar-refractivity contribution in [1.82, 2.24) is 10.1 Å². The fourth-order valence-electron chi connectivity index (χ4n) is 1.60. The summed E-state index contributed by atoms with van der Waals surface area (Å²) in [5.74, 6) is 0.784. The van der Waals surface area contributed by atoms with Gasteiger partial charge in [-0.15, -0.1) is 0 Å². The molecule has 0 amide bonds. The van der Waals surface area contributed by atoms with Gasteiger partial charge in [0.25, 0.3) is 6.47 Å². The largest absolute Gasteiger partial charge is 0.461 e. The van der Waals surface area contributed by atoms with Gasteiger partial charge in [-0.1, -0.05) is 5.16 Å². The molecule has 88 valence electrons. The molecule has 0 bridgehead atoms. The highest BCUT2D eigenvalue weighted by Crippen LogP contribution is 2.09. The molecular weight excluding hydrogens is 212 g/mol. The fraction of sp³-hybridized carbons (Fsp3) is 0.600. The maximum absolute atomic E-state index is 10.00. The Morgan fingerprint density at radius 2 is 2.31 bits per heavy atom. The van der Waals surface area contributed by atoms with E-state index in [4.69, 9.17) is 9.26 Å². The Balaban J connectivity index is 1.83. The summed E-state index contributed by atoms with van der Waals surface area (Å²) in [4.78, 5) is 12.2. The van der Waals surface area contributed by atoms with Crippen molar-refractivity contribution in [2.24, 2.45) is 0 Å². The molecule has 6 heteroatoms. The summed E-state index contributed by atoms with van der Waals surface area (Å²) in [6, 6.07) is 1.80. The Kier molecular flexibility index (Phi) is 3.90. The molecular formula is C10H14N2O4. The van der Waals surface area contributed by atoms with E-state index in [-0.39, 0.29) is 6.61 Å². The van der Waals surface area contributed by atoms with Gasteiger partial charge in [0.1, 0.15) is 12.3 Å². The minimum Gasteiger partial charge on any atom is -0.461 e. The average Bonchev–Trinajstić information content (AvgIpc) is 2.75. The third-order valence-corrected chi connectivity index (χ3v) is 2.39. The summed E-state index contributed by atoms with van der Waals surface area (Å²) >= 11 is 0. The Morgan fingerprint density at radius 3 is 3.06 bits per heavy atom. The Hall–Kier alpha value is -1.40. The molecule has 0 saturated carbocycles. The molecule has 0 atom stereocenters. The molecule has 1 aliphatic heterocycles. The van der Waals surface area contributed by atoms with E-state index in [2.05, 4.69) is 14.8 Å². The number of nitrogens with zero attached hydrogens (tertiary/aromatic N) is 2. The molecule has 16 heavy (non-hydrogen) atoms. The van der Waals surface area contributed by atoms with Crippen LogP contribution in [0.5, 0.6) is 0 Å². The first kappa shape index (κ1) is 11.1. The number of morpholine rings is 1. The molecule has 1 aromatic rings. The lowest BCUT2D eigenvalue weighted by Gasteiger charge is -2.25. The van der Waals surface area contributed by atoms with E-state index in [1.807, 2.05) is 0 Å². The van der Waals surface area contributed by atoms with Crippen LogP contribution < -0.4 is 0 Å². The van der Waals surface area contributed by atoms with E-state index in [9.17, 15) is 4.79 Å². The van der Waals surface area contributed by atoms with Crippen molar-refractivity contribution in [3.63, 3.8) is 0 Å². The number of ether oxygens (including phenoxy) is 2. The van der Waals surface area contributed by atoms with Crippen molar-refractivity contribution in [1.29, 1.82) is 0 Å². The third kappa shape index (κ3) is 3.04. The number of carbonyl (C=O) groups is 1. The first-order chi connectivity index (χ1) is 7.88. The lowest BCUT2D eigenvalue weighted by molar-refractivity contribution is -0.129. The van der Waals surface area contributed by atoms with Crippen molar-refractivity contribution in [3.8, 4) is 0 Å². The first-order valence-electron chi connectivity index (χ1n) is 5.18. The highest BCUT2D eigenvalue weighted by Gasteiger charge is 2.13. The van der Waals surface area contributed by atoms with Crippen LogP contribution in [0, 0.1) is 0 Å². The Bertz CT molecular complexity index is 333. The summed E-state index contributed by atoms with van der Waals surface area (Å²) in [5.41, 5.74) is 0.635. The van der Waals surface area contributed by atoms with Gasteiger partial charge >= 0.3 is 0 Å². The molecule has 0 unspecified atom stereocenters. The van der Waals surface area contributed by atoms with Gasteiger partial charge < -0.3 is 14.0 Å². The van der Waals surface area contributed by atoms with E-state index < -0.39 is 0 Å². The van der Waals surface area contributed by atoms with Crippen LogP contribution in [0.15, 0.2) is 10.6 Å². The summed E-state index contributed by atoms with van der Waals surface area (Å²) in [6.07, 6.45) is 0. The number of hydrogen-bond donors (Lipinski definition) is 0. The van der Waals surface area contributed by atoms with Crippen LogP contribution in [-0.2, 0) is 27.4 Å². The molecule has 0 aromatic carbocycles. The predicted molar refractivity (Wildman–Crippen MR) is 53.5 cm³/mol. The molecule has 1 aromatic heterocycles. The predicted octanol–water partition coefficient (Wildman–Crippen LogP) is 0.180. The minimum absolute atomic E-state index is 0.163. The van der Waals surface area contributed by atoms with Crippen LogP contribution >= 0.6 is 0 Å². The van der Waals surface area contributed by atoms with E-state index in [1.165, 1.54) is 0 Å². The molecule has 6 nitrogen and oxygen atoms in total. The maximum atomic E-state index is 10.00. The molecule has 0 N–H and O–H groups in total. The van der Waals surface area contributed by atoms with Crippen LogP contribution in [0.3, 0.4) is 0 Å². The summed E-state index contributed by atoms with van der Waals surface area (Å²) in [5, 5.41) is 3.80. The van der Waals surface area contributed by atoms with Crippen molar-refractivity contribution >= 4 is 6.47 Å². The standard InChI is InChI=1S/C10H14N2O4/c13-8-15-7-9-5-10(16-11-9)6-12-1-3-14-4-2-12/h5,8H,1-4,6-7H2. The van der Waals surface area contributed by atoms with Gasteiger partial charge in [0.15, 0.2) is 5.76 Å². The molecule has 2 heterocycles. The SMILES string of the molecule is O=COCc1cc(CN2CCOCC2)on1. The van der Waals surface area contributed by atoms with Crippen molar-refractivity contribution in [2.45, 2.75) is 13.2 Å². The van der Waals surface area contributed by atoms with Crippen LogP contribution in [0.25, 0.3) is 0 Å². The number of hydrogen-bond acceptors (Lipinski definition) is 6. The Morgan fingerprint density at radius 1 is 1.50 bits per heavy atom. The monoisotopic (exact) mass is 226 g/mol. The molecule has 0 aliphatic carbocycles. The number of carbonyl (C=O) groups excluding carboxylic acids is 1. The zero-order valence-corrected chi connectivity index (χ0v) is 8.92. The summed E-state index contributed by atoms with van der Waals surface area (Å²) in [6.45, 7) is 4.61. The lowest BCUT2D eigenvalue weighted by atomic mass is 10.3. The van der Waals surface area contributed by atoms with Gasteiger partial charge in [-0.2, -0.15) is 0 Å². The van der Waals surface area contributed by atoms with E-state index >= 15 is 0 Å². The minimum atomic E-state index is 0.163. The quantitative estimate of drug-likeness (QED) is 0.667.